The summed E-state index contributed by atoms with van der Waals surface area (Å²) in [6.07, 6.45) is 13.4. The van der Waals surface area contributed by atoms with Gasteiger partial charge in [0.2, 0.25) is 0 Å². The van der Waals surface area contributed by atoms with E-state index in [1.54, 1.807) is 19.4 Å². The largest absolute Gasteiger partial charge is 0.481 e. The van der Waals surface area contributed by atoms with Gasteiger partial charge in [-0.25, -0.2) is 0 Å². The van der Waals surface area contributed by atoms with Crippen molar-refractivity contribution < 1.29 is 24.2 Å². The molecule has 1 aromatic heterocycles. The molecule has 1 heterocycles. The molecule has 7 nitrogen and oxygen atoms in total. The Morgan fingerprint density at radius 1 is 0.942 bits per heavy atom. The van der Waals surface area contributed by atoms with Crippen LogP contribution >= 0.6 is 0 Å². The quantitative estimate of drug-likeness (QED) is 0.233. The average Bonchev–Trinajstić information content (AvgIpc) is 3.80. The van der Waals surface area contributed by atoms with Gasteiger partial charge in [-0.1, -0.05) is 60.1 Å². The van der Waals surface area contributed by atoms with Crippen molar-refractivity contribution in [1.29, 1.82) is 0 Å². The molecule has 7 heteroatoms. The minimum Gasteiger partial charge on any atom is -0.481 e. The number of fused-ring (bicyclic) bond motifs is 7. The summed E-state index contributed by atoms with van der Waals surface area (Å²) in [5.74, 6) is 1.22. The Balaban J connectivity index is 1.09. The lowest BCUT2D eigenvalue weighted by molar-refractivity contribution is -0.232. The number of aromatic nitrogens is 1. The summed E-state index contributed by atoms with van der Waals surface area (Å²) in [6.45, 7) is 20.9. The summed E-state index contributed by atoms with van der Waals surface area (Å²) in [5.41, 5.74) is 2.93. The van der Waals surface area contributed by atoms with Gasteiger partial charge in [0, 0.05) is 17.5 Å². The third kappa shape index (κ3) is 5.67. The third-order valence-corrected chi connectivity index (χ3v) is 16.8. The molecule has 7 rings (SSSR count). The standard InChI is InChI=1S/C45H66N2O5/c1-27(2)36-37-28(29(38(36)49)18-25-47-45(22-23-45)33-12-10-11-24-46-33)15-20-43(8)30(37)13-14-32-42(7)19-17-34(52-35(48)26-40(3,4)39(50)51)41(5,6)31(42)16-21-44(32,43)9/h10-12,24,27-32,34,47H,13-23,25-26H2,1-9H3,(H,50,51)/t28?,29-,30+,31-,32+,34-,42-,43+,44+/m0/s1. The lowest BCUT2D eigenvalue weighted by Crippen LogP contribution is -2.65. The maximum atomic E-state index is 14.5. The number of ether oxygens (including phenoxy) is 1. The second-order valence-electron chi connectivity index (χ2n) is 20.5. The second-order valence-corrected chi connectivity index (χ2v) is 20.5. The fourth-order valence-electron chi connectivity index (χ4n) is 13.6. The highest BCUT2D eigenvalue weighted by atomic mass is 16.5. The van der Waals surface area contributed by atoms with E-state index in [0.717, 1.165) is 70.0 Å². The number of hydrogen-bond acceptors (Lipinski definition) is 6. The monoisotopic (exact) mass is 714 g/mol. The molecule has 0 aliphatic heterocycles. The van der Waals surface area contributed by atoms with Crippen LogP contribution in [0.3, 0.4) is 0 Å². The molecule has 5 saturated carbocycles. The number of carboxylic acids is 1. The van der Waals surface area contributed by atoms with Crippen LogP contribution in [0.4, 0.5) is 0 Å². The first-order valence-electron chi connectivity index (χ1n) is 20.7. The summed E-state index contributed by atoms with van der Waals surface area (Å²) in [7, 11) is 0. The highest BCUT2D eigenvalue weighted by Crippen LogP contribution is 2.76. The fourth-order valence-corrected chi connectivity index (χ4v) is 13.6. The maximum absolute atomic E-state index is 14.5. The van der Waals surface area contributed by atoms with Gasteiger partial charge < -0.3 is 15.2 Å². The number of carbonyl (C=O) groups excluding carboxylic acids is 2. The number of carbonyl (C=O) groups is 3. The molecule has 1 unspecified atom stereocenters. The van der Waals surface area contributed by atoms with E-state index < -0.39 is 17.4 Å². The summed E-state index contributed by atoms with van der Waals surface area (Å²) in [6, 6.07) is 6.19. The first kappa shape index (κ1) is 37.8. The number of nitrogens with zero attached hydrogens (tertiary/aromatic N) is 1. The van der Waals surface area contributed by atoms with Crippen LogP contribution in [0.1, 0.15) is 145 Å². The maximum Gasteiger partial charge on any atom is 0.309 e. The number of nitrogens with one attached hydrogen (secondary N) is 1. The van der Waals surface area contributed by atoms with E-state index in [-0.39, 0.29) is 51.6 Å². The van der Waals surface area contributed by atoms with E-state index in [4.69, 9.17) is 4.74 Å². The van der Waals surface area contributed by atoms with Crippen LogP contribution in [0.5, 0.6) is 0 Å². The predicted octanol–water partition coefficient (Wildman–Crippen LogP) is 9.30. The van der Waals surface area contributed by atoms with Gasteiger partial charge in [-0.05, 0) is 155 Å². The van der Waals surface area contributed by atoms with Crippen LogP contribution in [0.15, 0.2) is 35.5 Å². The first-order valence-corrected chi connectivity index (χ1v) is 20.7. The van der Waals surface area contributed by atoms with Gasteiger partial charge in [0.25, 0.3) is 0 Å². The number of hydrogen-bond donors (Lipinski definition) is 2. The van der Waals surface area contributed by atoms with E-state index >= 15 is 0 Å². The second kappa shape index (κ2) is 12.8. The van der Waals surface area contributed by atoms with E-state index in [1.807, 2.05) is 12.3 Å². The van der Waals surface area contributed by atoms with E-state index in [9.17, 15) is 19.5 Å². The highest BCUT2D eigenvalue weighted by molar-refractivity contribution is 6.01. The minimum atomic E-state index is -1.14. The van der Waals surface area contributed by atoms with Crippen molar-refractivity contribution in [3.05, 3.63) is 41.2 Å². The SMILES string of the molecule is CC(C)C1=C2C(CC[C@]3(C)[C@@H]2CC[C@@H]2[C@@]4(C)CC[C@H](OC(=O)CC(C)(C)C(=O)O)C(C)(C)[C@@H]4CC[C@]23C)[C@H](CCNC2(c3ccccn3)CC2)C1=O. The van der Waals surface area contributed by atoms with Crippen molar-refractivity contribution in [2.24, 2.45) is 62.6 Å². The molecule has 286 valence electrons. The lowest BCUT2D eigenvalue weighted by atomic mass is 9.33. The molecule has 0 saturated heterocycles. The van der Waals surface area contributed by atoms with Crippen molar-refractivity contribution in [2.75, 3.05) is 6.54 Å². The first-order chi connectivity index (χ1) is 24.3. The average molecular weight is 715 g/mol. The zero-order valence-electron chi connectivity index (χ0n) is 33.6. The van der Waals surface area contributed by atoms with Crippen LogP contribution in [0, 0.1) is 62.6 Å². The van der Waals surface area contributed by atoms with Gasteiger partial charge in [-0.15, -0.1) is 0 Å². The van der Waals surface area contributed by atoms with Crippen molar-refractivity contribution in [2.45, 2.75) is 151 Å². The van der Waals surface area contributed by atoms with Gasteiger partial charge in [-0.3, -0.25) is 19.4 Å². The Kier molecular flexibility index (Phi) is 9.27. The van der Waals surface area contributed by atoms with E-state index in [0.29, 0.717) is 29.5 Å². The molecule has 0 aromatic carbocycles. The normalized spacial score (nSPS) is 38.9. The van der Waals surface area contributed by atoms with Crippen LogP contribution < -0.4 is 5.32 Å². The van der Waals surface area contributed by atoms with Gasteiger partial charge in [0.1, 0.15) is 6.10 Å². The highest BCUT2D eigenvalue weighted by Gasteiger charge is 2.69. The van der Waals surface area contributed by atoms with Crippen molar-refractivity contribution in [3.8, 4) is 0 Å². The van der Waals surface area contributed by atoms with Gasteiger partial charge in [0.15, 0.2) is 5.78 Å². The molecule has 0 bridgehead atoms. The van der Waals surface area contributed by atoms with Crippen molar-refractivity contribution >= 4 is 17.7 Å². The number of aliphatic carboxylic acids is 1. The number of Topliss-reactive ketones (excluding diaryl/α,β-unsaturated/α-hetero) is 1. The topological polar surface area (TPSA) is 106 Å². The molecule has 5 fully saturated rings. The molecular weight excluding hydrogens is 649 g/mol. The number of esters is 1. The Morgan fingerprint density at radius 3 is 2.29 bits per heavy atom. The van der Waals surface area contributed by atoms with Crippen LogP contribution in [0.2, 0.25) is 0 Å². The molecule has 9 atom stereocenters. The third-order valence-electron chi connectivity index (χ3n) is 16.8. The smallest absolute Gasteiger partial charge is 0.309 e. The molecule has 2 N–H and O–H groups in total. The summed E-state index contributed by atoms with van der Waals surface area (Å²) in [5, 5.41) is 13.5. The number of pyridine rings is 1. The molecular formula is C45H66N2O5. The number of allylic oxidation sites excluding steroid dienone is 2. The number of carboxylic acid groups (broad SMARTS) is 1. The molecule has 0 radical (unpaired) electrons. The van der Waals surface area contributed by atoms with Gasteiger partial charge in [0.05, 0.1) is 23.1 Å². The predicted molar refractivity (Wildman–Crippen MR) is 203 cm³/mol. The Hall–Kier alpha value is -2.54. The number of ketones is 1. The summed E-state index contributed by atoms with van der Waals surface area (Å²) < 4.78 is 6.18. The number of rotatable bonds is 10. The summed E-state index contributed by atoms with van der Waals surface area (Å²) >= 11 is 0. The fraction of sp³-hybridized carbons (Fsp3) is 0.778. The van der Waals surface area contributed by atoms with Crippen LogP contribution in [0.25, 0.3) is 0 Å². The molecule has 6 aliphatic carbocycles. The molecule has 1 aromatic rings. The summed E-state index contributed by atoms with van der Waals surface area (Å²) in [4.78, 5) is 43.9. The van der Waals surface area contributed by atoms with Crippen molar-refractivity contribution in [3.63, 3.8) is 0 Å². The Morgan fingerprint density at radius 2 is 1.65 bits per heavy atom. The van der Waals surface area contributed by atoms with Gasteiger partial charge in [-0.2, -0.15) is 0 Å². The van der Waals surface area contributed by atoms with Crippen LogP contribution in [-0.4, -0.2) is 40.5 Å². The Labute approximate surface area is 312 Å². The van der Waals surface area contributed by atoms with Crippen molar-refractivity contribution in [1.82, 2.24) is 10.3 Å². The zero-order chi connectivity index (χ0) is 37.6. The molecule has 6 aliphatic rings. The lowest BCUT2D eigenvalue weighted by Gasteiger charge is -2.71. The van der Waals surface area contributed by atoms with E-state index in [2.05, 4.69) is 70.9 Å². The van der Waals surface area contributed by atoms with Crippen LogP contribution in [-0.2, 0) is 24.7 Å². The molecule has 0 amide bonds. The zero-order valence-corrected chi connectivity index (χ0v) is 33.6. The molecule has 52 heavy (non-hydrogen) atoms. The Bertz CT molecular complexity index is 1620. The van der Waals surface area contributed by atoms with E-state index in [1.165, 1.54) is 18.4 Å². The van der Waals surface area contributed by atoms with Gasteiger partial charge >= 0.3 is 11.9 Å². The molecule has 0 spiro atoms. The minimum absolute atomic E-state index is 0.0142.